The fourth-order valence-electron chi connectivity index (χ4n) is 3.10. The lowest BCUT2D eigenvalue weighted by molar-refractivity contribution is 0.193. The molecule has 1 atom stereocenters. The van der Waals surface area contributed by atoms with Crippen molar-refractivity contribution in [3.8, 4) is 0 Å². The van der Waals surface area contributed by atoms with E-state index >= 15 is 0 Å². The summed E-state index contributed by atoms with van der Waals surface area (Å²) in [5.41, 5.74) is 3.70. The highest BCUT2D eigenvalue weighted by atomic mass is 32.2. The van der Waals surface area contributed by atoms with Crippen LogP contribution >= 0.6 is 0 Å². The predicted octanol–water partition coefficient (Wildman–Crippen LogP) is 2.58. The van der Waals surface area contributed by atoms with Crippen molar-refractivity contribution in [1.82, 2.24) is 10.2 Å². The van der Waals surface area contributed by atoms with Crippen LogP contribution in [0.3, 0.4) is 0 Å². The Morgan fingerprint density at radius 1 is 1.35 bits per heavy atom. The van der Waals surface area contributed by atoms with Crippen LogP contribution in [0.4, 0.5) is 4.79 Å². The van der Waals surface area contributed by atoms with Gasteiger partial charge in [-0.2, -0.15) is 0 Å². The van der Waals surface area contributed by atoms with Gasteiger partial charge in [-0.1, -0.05) is 18.2 Å². The number of rotatable bonds is 5. The van der Waals surface area contributed by atoms with Crippen LogP contribution in [0.15, 0.2) is 18.2 Å². The maximum Gasteiger partial charge on any atom is 0.317 e. The highest BCUT2D eigenvalue weighted by Gasteiger charge is 2.30. The first kappa shape index (κ1) is 17.8. The minimum Gasteiger partial charge on any atom is -0.338 e. The third kappa shape index (κ3) is 4.70. The van der Waals surface area contributed by atoms with E-state index in [0.717, 1.165) is 19.4 Å². The molecule has 23 heavy (non-hydrogen) atoms. The number of nitrogens with one attached hydrogen (secondary N) is 1. The Hall–Kier alpha value is -1.56. The summed E-state index contributed by atoms with van der Waals surface area (Å²) >= 11 is 0. The largest absolute Gasteiger partial charge is 0.338 e. The zero-order chi connectivity index (χ0) is 17.0. The Morgan fingerprint density at radius 2 is 2.09 bits per heavy atom. The molecule has 2 amide bonds. The van der Waals surface area contributed by atoms with Gasteiger partial charge >= 0.3 is 6.03 Å². The van der Waals surface area contributed by atoms with E-state index in [1.165, 1.54) is 22.9 Å². The first-order valence-corrected chi connectivity index (χ1v) is 10.1. The minimum absolute atomic E-state index is 0.0955. The van der Waals surface area contributed by atoms with Gasteiger partial charge in [-0.3, -0.25) is 0 Å². The van der Waals surface area contributed by atoms with Gasteiger partial charge in [0.25, 0.3) is 0 Å². The normalized spacial score (nSPS) is 18.2. The Kier molecular flexibility index (Phi) is 5.68. The van der Waals surface area contributed by atoms with Crippen molar-refractivity contribution >= 4 is 15.9 Å². The van der Waals surface area contributed by atoms with Gasteiger partial charge in [-0.15, -0.1) is 0 Å². The number of carbonyl (C=O) groups excluding carboxylic acids is 1. The van der Waals surface area contributed by atoms with Crippen molar-refractivity contribution in [3.63, 3.8) is 0 Å². The lowest BCUT2D eigenvalue weighted by Gasteiger charge is -2.27. The van der Waals surface area contributed by atoms with E-state index in [2.05, 4.69) is 31.3 Å². The van der Waals surface area contributed by atoms with Crippen LogP contribution in [0, 0.1) is 13.8 Å². The van der Waals surface area contributed by atoms with Crippen molar-refractivity contribution < 1.29 is 13.2 Å². The second kappa shape index (κ2) is 7.34. The molecule has 1 aliphatic heterocycles. The SMILES string of the molecule is Cc1cccc([C@H]2CCCN2C(=O)NCCCS(C)(=O)=O)c1C. The van der Waals surface area contributed by atoms with Crippen LogP contribution in [0.1, 0.15) is 42.0 Å². The molecule has 0 aliphatic carbocycles. The number of carbonyl (C=O) groups is 1. The van der Waals surface area contributed by atoms with Crippen LogP contribution in [0.2, 0.25) is 0 Å². The molecule has 0 aromatic heterocycles. The van der Waals surface area contributed by atoms with Gasteiger partial charge in [0.2, 0.25) is 0 Å². The van der Waals surface area contributed by atoms with Crippen molar-refractivity contribution in [2.75, 3.05) is 25.1 Å². The summed E-state index contributed by atoms with van der Waals surface area (Å²) in [5, 5.41) is 2.85. The molecule has 0 spiro atoms. The number of nitrogens with zero attached hydrogens (tertiary/aromatic N) is 1. The van der Waals surface area contributed by atoms with E-state index in [1.54, 1.807) is 0 Å². The number of hydrogen-bond donors (Lipinski definition) is 1. The van der Waals surface area contributed by atoms with Gasteiger partial charge in [0.15, 0.2) is 0 Å². The molecule has 1 heterocycles. The second-order valence-electron chi connectivity index (χ2n) is 6.36. The van der Waals surface area contributed by atoms with Crippen molar-refractivity contribution in [2.24, 2.45) is 0 Å². The third-order valence-electron chi connectivity index (χ3n) is 4.49. The molecule has 0 bridgehead atoms. The van der Waals surface area contributed by atoms with Crippen LogP contribution in [0.5, 0.6) is 0 Å². The number of sulfone groups is 1. The summed E-state index contributed by atoms with van der Waals surface area (Å²) in [4.78, 5) is 14.3. The lowest BCUT2D eigenvalue weighted by Crippen LogP contribution is -2.40. The fourth-order valence-corrected chi connectivity index (χ4v) is 3.77. The minimum atomic E-state index is -2.97. The van der Waals surface area contributed by atoms with Crippen molar-refractivity contribution in [2.45, 2.75) is 39.2 Å². The van der Waals surface area contributed by atoms with E-state index < -0.39 is 9.84 Å². The van der Waals surface area contributed by atoms with E-state index in [4.69, 9.17) is 0 Å². The monoisotopic (exact) mass is 338 g/mol. The molecule has 1 saturated heterocycles. The number of likely N-dealkylation sites (tertiary alicyclic amines) is 1. The summed E-state index contributed by atoms with van der Waals surface area (Å²) in [6.45, 7) is 5.33. The van der Waals surface area contributed by atoms with Crippen molar-refractivity contribution in [1.29, 1.82) is 0 Å². The van der Waals surface area contributed by atoms with Gasteiger partial charge in [-0.25, -0.2) is 13.2 Å². The molecule has 1 fully saturated rings. The van der Waals surface area contributed by atoms with Gasteiger partial charge in [0, 0.05) is 19.3 Å². The molecule has 1 aromatic carbocycles. The molecule has 1 aliphatic rings. The molecule has 0 radical (unpaired) electrons. The Morgan fingerprint density at radius 3 is 2.78 bits per heavy atom. The first-order chi connectivity index (χ1) is 10.8. The summed E-state index contributed by atoms with van der Waals surface area (Å²) < 4.78 is 22.2. The predicted molar refractivity (Wildman–Crippen MR) is 92.3 cm³/mol. The molecular weight excluding hydrogens is 312 g/mol. The molecule has 5 nitrogen and oxygen atoms in total. The first-order valence-electron chi connectivity index (χ1n) is 8.08. The maximum absolute atomic E-state index is 12.4. The van der Waals surface area contributed by atoms with Crippen LogP contribution in [0.25, 0.3) is 0 Å². The smallest absolute Gasteiger partial charge is 0.317 e. The average molecular weight is 338 g/mol. The van der Waals surface area contributed by atoms with Gasteiger partial charge < -0.3 is 10.2 Å². The molecule has 6 heteroatoms. The topological polar surface area (TPSA) is 66.5 Å². The molecule has 1 aromatic rings. The van der Waals surface area contributed by atoms with E-state index in [9.17, 15) is 13.2 Å². The summed E-state index contributed by atoms with van der Waals surface area (Å²) in [7, 11) is -2.97. The van der Waals surface area contributed by atoms with Gasteiger partial charge in [-0.05, 0) is 49.8 Å². The number of aryl methyl sites for hydroxylation is 1. The second-order valence-corrected chi connectivity index (χ2v) is 8.62. The van der Waals surface area contributed by atoms with Crippen LogP contribution in [-0.2, 0) is 9.84 Å². The lowest BCUT2D eigenvalue weighted by atomic mass is 9.96. The highest BCUT2D eigenvalue weighted by molar-refractivity contribution is 7.90. The molecule has 128 valence electrons. The molecule has 2 rings (SSSR count). The number of hydrogen-bond acceptors (Lipinski definition) is 3. The van der Waals surface area contributed by atoms with E-state index in [1.807, 2.05) is 11.0 Å². The number of benzene rings is 1. The molecule has 0 unspecified atom stereocenters. The average Bonchev–Trinajstić information content (AvgIpc) is 2.94. The Bertz CT molecular complexity index is 670. The van der Waals surface area contributed by atoms with Gasteiger partial charge in [0.05, 0.1) is 11.8 Å². The number of amides is 2. The van der Waals surface area contributed by atoms with E-state index in [0.29, 0.717) is 13.0 Å². The summed E-state index contributed by atoms with van der Waals surface area (Å²) in [5.74, 6) is 0.105. The highest BCUT2D eigenvalue weighted by Crippen LogP contribution is 2.34. The van der Waals surface area contributed by atoms with E-state index in [-0.39, 0.29) is 17.8 Å². The third-order valence-corrected chi connectivity index (χ3v) is 5.52. The Balaban J connectivity index is 1.98. The van der Waals surface area contributed by atoms with Crippen LogP contribution < -0.4 is 5.32 Å². The van der Waals surface area contributed by atoms with Gasteiger partial charge in [0.1, 0.15) is 9.84 Å². The van der Waals surface area contributed by atoms with Crippen LogP contribution in [-0.4, -0.2) is 44.4 Å². The fraction of sp³-hybridized carbons (Fsp3) is 0.588. The zero-order valence-corrected chi connectivity index (χ0v) is 14.9. The standard InChI is InChI=1S/C17H26N2O3S/c1-13-7-4-8-15(14(13)2)16-9-5-11-19(16)17(20)18-10-6-12-23(3,21)22/h4,7-8,16H,5-6,9-12H2,1-3H3,(H,18,20)/t16-/m1/s1. The zero-order valence-electron chi connectivity index (χ0n) is 14.1. The summed E-state index contributed by atoms with van der Waals surface area (Å²) in [6, 6.07) is 6.25. The van der Waals surface area contributed by atoms with Crippen molar-refractivity contribution in [3.05, 3.63) is 34.9 Å². The molecule has 0 saturated carbocycles. The maximum atomic E-state index is 12.4. The quantitative estimate of drug-likeness (QED) is 0.839. The molecule has 1 N–H and O–H groups in total. The molecular formula is C17H26N2O3S. The summed E-state index contributed by atoms with van der Waals surface area (Å²) in [6.07, 6.45) is 3.63. The number of urea groups is 1. The Labute approximate surface area is 139 Å².